The summed E-state index contributed by atoms with van der Waals surface area (Å²) in [7, 11) is 0. The van der Waals surface area contributed by atoms with E-state index in [1.54, 1.807) is 12.1 Å². The highest BCUT2D eigenvalue weighted by molar-refractivity contribution is 7.80. The molecule has 91 valence electrons. The molecule has 3 nitrogen and oxygen atoms in total. The Morgan fingerprint density at radius 1 is 1.06 bits per heavy atom. The summed E-state index contributed by atoms with van der Waals surface area (Å²) in [4.78, 5) is 12.2. The van der Waals surface area contributed by atoms with E-state index in [-0.39, 0.29) is 6.61 Å². The molecular weight excluding hydrogens is 246 g/mol. The fraction of sp³-hybridized carbons (Fsp3) is 0.0714. The van der Waals surface area contributed by atoms with E-state index >= 15 is 0 Å². The predicted octanol–water partition coefficient (Wildman–Crippen LogP) is 3.99. The van der Waals surface area contributed by atoms with Crippen LogP contribution in [0.5, 0.6) is 0 Å². The molecule has 2 rings (SSSR count). The lowest BCUT2D eigenvalue weighted by atomic mass is 10.2. The van der Waals surface area contributed by atoms with Crippen LogP contribution in [-0.4, -0.2) is 6.09 Å². The average Bonchev–Trinajstić information content (AvgIpc) is 2.40. The molecule has 0 saturated carbocycles. The summed E-state index contributed by atoms with van der Waals surface area (Å²) in [5, 5.41) is 2.62. The van der Waals surface area contributed by atoms with Crippen molar-refractivity contribution in [1.29, 1.82) is 0 Å². The quantitative estimate of drug-likeness (QED) is 0.904. The molecule has 1 N–H and O–H groups in total. The molecule has 18 heavy (non-hydrogen) atoms. The van der Waals surface area contributed by atoms with Crippen molar-refractivity contribution in [1.82, 2.24) is 0 Å². The summed E-state index contributed by atoms with van der Waals surface area (Å²) in [5.74, 6) is 0. The largest absolute Gasteiger partial charge is 0.444 e. The molecule has 0 atom stereocenters. The number of anilines is 1. The number of hydrogen-bond acceptors (Lipinski definition) is 2. The minimum Gasteiger partial charge on any atom is -0.444 e. The van der Waals surface area contributed by atoms with Gasteiger partial charge in [-0.2, -0.15) is 0 Å². The zero-order chi connectivity index (χ0) is 12.8. The van der Waals surface area contributed by atoms with Crippen LogP contribution in [0.2, 0.25) is 0 Å². The maximum absolute atomic E-state index is 11.6. The Hall–Kier alpha value is -2.07. The highest BCUT2D eigenvalue weighted by Crippen LogP contribution is 2.18. The minimum absolute atomic E-state index is 0.242. The van der Waals surface area contributed by atoms with Crippen molar-refractivity contribution >= 4 is 24.4 Å². The summed E-state index contributed by atoms with van der Waals surface area (Å²) in [6.45, 7) is 0.242. The maximum atomic E-state index is 11.6. The summed E-state index contributed by atoms with van der Waals surface area (Å²) >= 11 is 5.08. The van der Waals surface area contributed by atoms with Gasteiger partial charge in [-0.05, 0) is 17.7 Å². The van der Waals surface area contributed by atoms with Crippen LogP contribution in [0.25, 0.3) is 0 Å². The Kier molecular flexibility index (Phi) is 4.15. The number of nitrogens with one attached hydrogen (secondary N) is 1. The van der Waals surface area contributed by atoms with Gasteiger partial charge in [0, 0.05) is 0 Å². The SMILES string of the molecule is O=C(Nc1ccccc1[S])OCc1ccccc1. The van der Waals surface area contributed by atoms with Crippen molar-refractivity contribution in [3.05, 3.63) is 60.2 Å². The number of rotatable bonds is 3. The van der Waals surface area contributed by atoms with E-state index in [1.165, 1.54) is 0 Å². The van der Waals surface area contributed by atoms with Crippen molar-refractivity contribution in [2.45, 2.75) is 11.5 Å². The number of carbonyl (C=O) groups excluding carboxylic acids is 1. The van der Waals surface area contributed by atoms with Crippen LogP contribution in [0.1, 0.15) is 5.56 Å². The summed E-state index contributed by atoms with van der Waals surface area (Å²) in [5.41, 5.74) is 1.53. The molecule has 0 fully saturated rings. The molecule has 4 heteroatoms. The zero-order valence-corrected chi connectivity index (χ0v) is 10.4. The fourth-order valence-electron chi connectivity index (χ4n) is 1.44. The lowest BCUT2D eigenvalue weighted by Crippen LogP contribution is -2.13. The average molecular weight is 258 g/mol. The van der Waals surface area contributed by atoms with E-state index in [0.717, 1.165) is 5.56 Å². The van der Waals surface area contributed by atoms with Crippen molar-refractivity contribution in [2.24, 2.45) is 0 Å². The van der Waals surface area contributed by atoms with E-state index < -0.39 is 6.09 Å². The van der Waals surface area contributed by atoms with E-state index in [2.05, 4.69) is 5.32 Å². The Bertz CT molecular complexity index is 528. The number of carbonyl (C=O) groups is 1. The molecule has 1 radical (unpaired) electrons. The Morgan fingerprint density at radius 3 is 2.44 bits per heavy atom. The minimum atomic E-state index is -0.504. The monoisotopic (exact) mass is 258 g/mol. The molecule has 0 bridgehead atoms. The Balaban J connectivity index is 1.88. The molecule has 2 aromatic rings. The molecule has 1 amide bonds. The fourth-order valence-corrected chi connectivity index (χ4v) is 1.64. The molecule has 0 aliphatic heterocycles. The first kappa shape index (κ1) is 12.4. The van der Waals surface area contributed by atoms with Crippen LogP contribution in [0.4, 0.5) is 10.5 Å². The Labute approximate surface area is 111 Å². The highest BCUT2D eigenvalue weighted by Gasteiger charge is 2.05. The van der Waals surface area contributed by atoms with Crippen molar-refractivity contribution in [3.63, 3.8) is 0 Å². The first-order valence-electron chi connectivity index (χ1n) is 5.49. The summed E-state index contributed by atoms with van der Waals surface area (Å²) in [6.07, 6.45) is -0.504. The maximum Gasteiger partial charge on any atom is 0.412 e. The van der Waals surface area contributed by atoms with Crippen molar-refractivity contribution < 1.29 is 9.53 Å². The van der Waals surface area contributed by atoms with Crippen LogP contribution in [-0.2, 0) is 11.3 Å². The van der Waals surface area contributed by atoms with Crippen LogP contribution in [0, 0.1) is 0 Å². The molecule has 2 aromatic carbocycles. The molecular formula is C14H12NO2S. The highest BCUT2D eigenvalue weighted by atomic mass is 32.1. The van der Waals surface area contributed by atoms with Crippen molar-refractivity contribution in [2.75, 3.05) is 5.32 Å². The van der Waals surface area contributed by atoms with Gasteiger partial charge in [-0.3, -0.25) is 5.32 Å². The molecule has 0 aromatic heterocycles. The topological polar surface area (TPSA) is 38.3 Å². The first-order chi connectivity index (χ1) is 8.75. The van der Waals surface area contributed by atoms with Gasteiger partial charge in [0.15, 0.2) is 0 Å². The third-order valence-electron chi connectivity index (χ3n) is 2.34. The second kappa shape index (κ2) is 6.02. The third kappa shape index (κ3) is 3.46. The predicted molar refractivity (Wildman–Crippen MR) is 72.5 cm³/mol. The third-order valence-corrected chi connectivity index (χ3v) is 2.69. The normalized spacial score (nSPS) is 9.78. The van der Waals surface area contributed by atoms with Gasteiger partial charge in [-0.1, -0.05) is 55.1 Å². The number of benzene rings is 2. The first-order valence-corrected chi connectivity index (χ1v) is 5.90. The van der Waals surface area contributed by atoms with Gasteiger partial charge in [-0.15, -0.1) is 0 Å². The van der Waals surface area contributed by atoms with Crippen LogP contribution in [0.15, 0.2) is 59.5 Å². The number of para-hydroxylation sites is 1. The van der Waals surface area contributed by atoms with E-state index in [9.17, 15) is 4.79 Å². The summed E-state index contributed by atoms with van der Waals surface area (Å²) < 4.78 is 5.09. The van der Waals surface area contributed by atoms with E-state index in [0.29, 0.717) is 10.6 Å². The van der Waals surface area contributed by atoms with Gasteiger partial charge in [0.1, 0.15) is 6.61 Å². The summed E-state index contributed by atoms with van der Waals surface area (Å²) in [6, 6.07) is 16.6. The van der Waals surface area contributed by atoms with Gasteiger partial charge in [0.25, 0.3) is 0 Å². The van der Waals surface area contributed by atoms with Crippen LogP contribution >= 0.6 is 12.6 Å². The van der Waals surface area contributed by atoms with Crippen LogP contribution < -0.4 is 5.32 Å². The van der Waals surface area contributed by atoms with Gasteiger partial charge in [-0.25, -0.2) is 4.79 Å². The number of amides is 1. The van der Waals surface area contributed by atoms with Crippen molar-refractivity contribution in [3.8, 4) is 0 Å². The second-order valence-corrected chi connectivity index (χ2v) is 4.12. The Morgan fingerprint density at radius 2 is 1.72 bits per heavy atom. The molecule has 0 unspecified atom stereocenters. The molecule has 0 aliphatic carbocycles. The lowest BCUT2D eigenvalue weighted by molar-refractivity contribution is 0.155. The molecule has 0 heterocycles. The molecule has 0 saturated heterocycles. The van der Waals surface area contributed by atoms with Gasteiger partial charge < -0.3 is 4.74 Å². The standard InChI is InChI=1S/C14H12NO2S/c16-14(15-12-8-4-5-9-13(12)18)17-10-11-6-2-1-3-7-11/h1-9H,10H2,(H,15,16). The van der Waals surface area contributed by atoms with Gasteiger partial charge in [0.05, 0.1) is 10.6 Å². The van der Waals surface area contributed by atoms with E-state index in [4.69, 9.17) is 17.4 Å². The second-order valence-electron chi connectivity index (χ2n) is 3.68. The van der Waals surface area contributed by atoms with Gasteiger partial charge in [0.2, 0.25) is 0 Å². The zero-order valence-electron chi connectivity index (χ0n) is 9.63. The lowest BCUT2D eigenvalue weighted by Gasteiger charge is -2.08. The molecule has 0 aliphatic rings. The van der Waals surface area contributed by atoms with Crippen LogP contribution in [0.3, 0.4) is 0 Å². The number of hydrogen-bond donors (Lipinski definition) is 1. The smallest absolute Gasteiger partial charge is 0.412 e. The van der Waals surface area contributed by atoms with E-state index in [1.807, 2.05) is 42.5 Å². The number of ether oxygens (including phenoxy) is 1. The van der Waals surface area contributed by atoms with Gasteiger partial charge >= 0.3 is 6.09 Å². The molecule has 0 spiro atoms.